The molecule has 100 valence electrons. The molecule has 2 atom stereocenters. The summed E-state index contributed by atoms with van der Waals surface area (Å²) in [4.78, 5) is 14.0. The summed E-state index contributed by atoms with van der Waals surface area (Å²) < 4.78 is 0. The molecule has 1 fully saturated rings. The maximum atomic E-state index is 12.0. The number of carbonyl (C=O) groups is 1. The van der Waals surface area contributed by atoms with Crippen molar-refractivity contribution in [3.05, 3.63) is 22.4 Å². The first kappa shape index (κ1) is 13.6. The number of carbonyl (C=O) groups excluding carboxylic acids is 1. The molecule has 1 N–H and O–H groups in total. The Morgan fingerprint density at radius 2 is 2.22 bits per heavy atom. The molecule has 0 aromatic carbocycles. The molecular weight excluding hydrogens is 244 g/mol. The number of thiophene rings is 1. The quantitative estimate of drug-likeness (QED) is 0.912. The molecule has 1 aliphatic heterocycles. The van der Waals surface area contributed by atoms with E-state index in [-0.39, 0.29) is 17.5 Å². The molecule has 4 heteroatoms. The van der Waals surface area contributed by atoms with Gasteiger partial charge in [-0.25, -0.2) is 0 Å². The molecule has 1 aromatic heterocycles. The van der Waals surface area contributed by atoms with E-state index in [0.29, 0.717) is 12.5 Å². The predicted octanol–water partition coefficient (Wildman–Crippen LogP) is 2.80. The van der Waals surface area contributed by atoms with Crippen molar-refractivity contribution >= 4 is 17.2 Å². The standard InChI is InChI=1S/C14H22N2OS/c1-10(11-5-6-18-9-11)15-12-7-13(17)16(8-12)14(2,3)4/h5-6,9-10,12,15H,7-8H2,1-4H3/t10-,12+/m1/s1. The van der Waals surface area contributed by atoms with E-state index < -0.39 is 0 Å². The largest absolute Gasteiger partial charge is 0.336 e. The highest BCUT2D eigenvalue weighted by atomic mass is 32.1. The number of nitrogens with one attached hydrogen (secondary N) is 1. The SMILES string of the molecule is C[C@@H](N[C@H]1CC(=O)N(C(C)(C)C)C1)c1ccsc1. The molecular formula is C14H22N2OS. The third kappa shape index (κ3) is 2.93. The number of hydrogen-bond donors (Lipinski definition) is 1. The highest BCUT2D eigenvalue weighted by Crippen LogP contribution is 2.24. The first-order chi connectivity index (χ1) is 8.38. The Balaban J connectivity index is 1.95. The van der Waals surface area contributed by atoms with Crippen molar-refractivity contribution in [1.29, 1.82) is 0 Å². The van der Waals surface area contributed by atoms with Gasteiger partial charge in [-0.1, -0.05) is 0 Å². The van der Waals surface area contributed by atoms with Gasteiger partial charge in [-0.05, 0) is 50.1 Å². The van der Waals surface area contributed by atoms with Gasteiger partial charge in [-0.3, -0.25) is 4.79 Å². The Hall–Kier alpha value is -0.870. The maximum Gasteiger partial charge on any atom is 0.224 e. The van der Waals surface area contributed by atoms with Gasteiger partial charge >= 0.3 is 0 Å². The molecule has 0 aliphatic carbocycles. The molecule has 2 rings (SSSR count). The van der Waals surface area contributed by atoms with E-state index in [2.05, 4.69) is 49.8 Å². The van der Waals surface area contributed by atoms with Gasteiger partial charge in [0.25, 0.3) is 0 Å². The van der Waals surface area contributed by atoms with E-state index in [4.69, 9.17) is 0 Å². The van der Waals surface area contributed by atoms with Gasteiger partial charge in [0.05, 0.1) is 0 Å². The van der Waals surface area contributed by atoms with Gasteiger partial charge in [0.15, 0.2) is 0 Å². The van der Waals surface area contributed by atoms with Crippen LogP contribution in [-0.2, 0) is 4.79 Å². The van der Waals surface area contributed by atoms with Gasteiger partial charge in [0.2, 0.25) is 5.91 Å². The smallest absolute Gasteiger partial charge is 0.224 e. The number of amides is 1. The third-order valence-corrected chi connectivity index (χ3v) is 4.17. The number of rotatable bonds is 3. The molecule has 1 amide bonds. The van der Waals surface area contributed by atoms with Crippen LogP contribution in [0.15, 0.2) is 16.8 Å². The van der Waals surface area contributed by atoms with Gasteiger partial charge in [-0.2, -0.15) is 11.3 Å². The third-order valence-electron chi connectivity index (χ3n) is 3.46. The Morgan fingerprint density at radius 3 is 2.72 bits per heavy atom. The van der Waals surface area contributed by atoms with Crippen LogP contribution in [0.2, 0.25) is 0 Å². The molecule has 2 heterocycles. The Kier molecular flexibility index (Phi) is 3.78. The predicted molar refractivity (Wildman–Crippen MR) is 75.7 cm³/mol. The maximum absolute atomic E-state index is 12.0. The van der Waals surface area contributed by atoms with Gasteiger partial charge in [0.1, 0.15) is 0 Å². The van der Waals surface area contributed by atoms with E-state index in [1.165, 1.54) is 5.56 Å². The Labute approximate surface area is 113 Å². The normalized spacial score (nSPS) is 22.6. The molecule has 0 saturated carbocycles. The van der Waals surface area contributed by atoms with Crippen LogP contribution in [0.4, 0.5) is 0 Å². The second-order valence-electron chi connectivity index (χ2n) is 6.02. The lowest BCUT2D eigenvalue weighted by atomic mass is 10.1. The minimum Gasteiger partial charge on any atom is -0.336 e. The van der Waals surface area contributed by atoms with Crippen LogP contribution in [0.3, 0.4) is 0 Å². The summed E-state index contributed by atoms with van der Waals surface area (Å²) >= 11 is 1.71. The fraction of sp³-hybridized carbons (Fsp3) is 0.643. The lowest BCUT2D eigenvalue weighted by Gasteiger charge is -2.32. The highest BCUT2D eigenvalue weighted by molar-refractivity contribution is 7.07. The van der Waals surface area contributed by atoms with Crippen molar-refractivity contribution in [3.8, 4) is 0 Å². The fourth-order valence-electron chi connectivity index (χ4n) is 2.44. The molecule has 1 saturated heterocycles. The van der Waals surface area contributed by atoms with E-state index in [0.717, 1.165) is 6.54 Å². The zero-order valence-corrected chi connectivity index (χ0v) is 12.4. The second kappa shape index (κ2) is 5.02. The summed E-state index contributed by atoms with van der Waals surface area (Å²) in [5.74, 6) is 0.262. The van der Waals surface area contributed by atoms with E-state index in [1.807, 2.05) is 4.90 Å². The van der Waals surface area contributed by atoms with Crippen LogP contribution in [-0.4, -0.2) is 28.9 Å². The van der Waals surface area contributed by atoms with Crippen molar-refractivity contribution in [3.63, 3.8) is 0 Å². The molecule has 18 heavy (non-hydrogen) atoms. The van der Waals surface area contributed by atoms with Crippen molar-refractivity contribution in [1.82, 2.24) is 10.2 Å². The average molecular weight is 266 g/mol. The van der Waals surface area contributed by atoms with Crippen LogP contribution in [0, 0.1) is 0 Å². The Bertz CT molecular complexity index is 408. The van der Waals surface area contributed by atoms with E-state index in [1.54, 1.807) is 11.3 Å². The zero-order chi connectivity index (χ0) is 13.3. The van der Waals surface area contributed by atoms with Crippen LogP contribution in [0.1, 0.15) is 45.7 Å². The number of likely N-dealkylation sites (tertiary alicyclic amines) is 1. The fourth-order valence-corrected chi connectivity index (χ4v) is 3.19. The van der Waals surface area contributed by atoms with Crippen molar-refractivity contribution in [2.24, 2.45) is 0 Å². The topological polar surface area (TPSA) is 32.3 Å². The molecule has 1 aromatic rings. The van der Waals surface area contributed by atoms with E-state index in [9.17, 15) is 4.79 Å². The van der Waals surface area contributed by atoms with Gasteiger partial charge < -0.3 is 10.2 Å². The summed E-state index contributed by atoms with van der Waals surface area (Å²) in [6, 6.07) is 2.72. The van der Waals surface area contributed by atoms with Crippen LogP contribution >= 0.6 is 11.3 Å². The number of hydrogen-bond acceptors (Lipinski definition) is 3. The summed E-state index contributed by atoms with van der Waals surface area (Å²) in [6.45, 7) is 9.25. The second-order valence-corrected chi connectivity index (χ2v) is 6.80. The highest BCUT2D eigenvalue weighted by Gasteiger charge is 2.36. The van der Waals surface area contributed by atoms with Gasteiger partial charge in [0, 0.05) is 30.6 Å². The van der Waals surface area contributed by atoms with Crippen LogP contribution < -0.4 is 5.32 Å². The van der Waals surface area contributed by atoms with Crippen LogP contribution in [0.5, 0.6) is 0 Å². The first-order valence-corrected chi connectivity index (χ1v) is 7.41. The number of nitrogens with zero attached hydrogens (tertiary/aromatic N) is 1. The molecule has 0 spiro atoms. The monoisotopic (exact) mass is 266 g/mol. The van der Waals surface area contributed by atoms with Gasteiger partial charge in [-0.15, -0.1) is 0 Å². The first-order valence-electron chi connectivity index (χ1n) is 6.46. The van der Waals surface area contributed by atoms with E-state index >= 15 is 0 Å². The molecule has 0 bridgehead atoms. The van der Waals surface area contributed by atoms with Crippen molar-refractivity contribution in [2.75, 3.05) is 6.54 Å². The molecule has 0 unspecified atom stereocenters. The Morgan fingerprint density at radius 1 is 1.50 bits per heavy atom. The summed E-state index contributed by atoms with van der Waals surface area (Å²) in [6.07, 6.45) is 0.617. The zero-order valence-electron chi connectivity index (χ0n) is 11.6. The molecule has 0 radical (unpaired) electrons. The molecule has 3 nitrogen and oxygen atoms in total. The summed E-state index contributed by atoms with van der Waals surface area (Å²) in [5.41, 5.74) is 1.24. The lowest BCUT2D eigenvalue weighted by Crippen LogP contribution is -2.44. The lowest BCUT2D eigenvalue weighted by molar-refractivity contribution is -0.131. The minimum absolute atomic E-state index is 0.0703. The molecule has 1 aliphatic rings. The summed E-state index contributed by atoms with van der Waals surface area (Å²) in [5, 5.41) is 7.81. The summed E-state index contributed by atoms with van der Waals surface area (Å²) in [7, 11) is 0. The minimum atomic E-state index is -0.0703. The average Bonchev–Trinajstić information content (AvgIpc) is 2.85. The van der Waals surface area contributed by atoms with Crippen molar-refractivity contribution < 1.29 is 4.79 Å². The van der Waals surface area contributed by atoms with Crippen LogP contribution in [0.25, 0.3) is 0 Å². The van der Waals surface area contributed by atoms with Crippen molar-refractivity contribution in [2.45, 2.75) is 51.7 Å².